The summed E-state index contributed by atoms with van der Waals surface area (Å²) >= 11 is 0. The summed E-state index contributed by atoms with van der Waals surface area (Å²) in [5.74, 6) is 0. The van der Waals surface area contributed by atoms with E-state index in [4.69, 9.17) is 29.9 Å². The zero-order valence-corrected chi connectivity index (χ0v) is 12.4. The number of hydrogen-bond acceptors (Lipinski definition) is 6. The fourth-order valence-corrected chi connectivity index (χ4v) is 3.06. The Labute approximate surface area is 109 Å². The highest BCUT2D eigenvalue weighted by Gasteiger charge is 2.58. The third-order valence-electron chi connectivity index (χ3n) is 1.65. The molecule has 0 saturated heterocycles. The van der Waals surface area contributed by atoms with Crippen LogP contribution in [0.15, 0.2) is 0 Å². The summed E-state index contributed by atoms with van der Waals surface area (Å²) in [6.07, 6.45) is -0.141. The minimum absolute atomic E-state index is 0.0394. The molecule has 11 nitrogen and oxygen atoms in total. The summed E-state index contributed by atoms with van der Waals surface area (Å²) in [6, 6.07) is 0. The zero-order valence-electron chi connectivity index (χ0n) is 9.82. The molecular formula is C5H17NO10P2S. The van der Waals surface area contributed by atoms with Crippen LogP contribution in [-0.4, -0.2) is 55.5 Å². The van der Waals surface area contributed by atoms with Gasteiger partial charge >= 0.3 is 15.2 Å². The molecule has 118 valence electrons. The standard InChI is InChI=1S/C4H13NO7P2.CH4O3S/c5-3-1-2-4(6,13(7,8)9)14(10,11)12;1-5(2,3)4/h6H,1-3,5H2,(H2,7,8,9)(H2,10,11,12);1H3,(H,2,3,4). The van der Waals surface area contributed by atoms with Crippen molar-refractivity contribution in [3.8, 4) is 0 Å². The Balaban J connectivity index is 0. The highest BCUT2D eigenvalue weighted by Crippen LogP contribution is 2.69. The molecule has 0 aliphatic heterocycles. The molecule has 0 aliphatic rings. The van der Waals surface area contributed by atoms with Crippen molar-refractivity contribution in [2.75, 3.05) is 12.8 Å². The molecular weight excluding hydrogens is 328 g/mol. The molecule has 8 N–H and O–H groups in total. The molecule has 0 aromatic rings. The van der Waals surface area contributed by atoms with Gasteiger partial charge in [-0.15, -0.1) is 0 Å². The summed E-state index contributed by atoms with van der Waals surface area (Å²) in [7, 11) is -14.3. The summed E-state index contributed by atoms with van der Waals surface area (Å²) in [5.41, 5.74) is 5.01. The topological polar surface area (TPSA) is 216 Å². The van der Waals surface area contributed by atoms with Crippen molar-refractivity contribution < 1.29 is 46.8 Å². The van der Waals surface area contributed by atoms with Crippen molar-refractivity contribution in [2.24, 2.45) is 5.73 Å². The number of rotatable bonds is 5. The van der Waals surface area contributed by atoms with Crippen molar-refractivity contribution >= 4 is 25.3 Å². The average molecular weight is 345 g/mol. The smallest absolute Gasteiger partial charge is 0.368 e. The molecule has 0 aromatic carbocycles. The maximum atomic E-state index is 10.7. The third kappa shape index (κ3) is 8.82. The van der Waals surface area contributed by atoms with E-state index in [1.54, 1.807) is 0 Å². The van der Waals surface area contributed by atoms with Crippen molar-refractivity contribution in [1.82, 2.24) is 0 Å². The van der Waals surface area contributed by atoms with Gasteiger partial charge in [0.2, 0.25) is 0 Å². The predicted molar refractivity (Wildman–Crippen MR) is 64.8 cm³/mol. The molecule has 0 heterocycles. The quantitative estimate of drug-likeness (QED) is 0.218. The van der Waals surface area contributed by atoms with Crippen molar-refractivity contribution in [2.45, 2.75) is 17.9 Å². The molecule has 0 spiro atoms. The van der Waals surface area contributed by atoms with Gasteiger partial charge < -0.3 is 30.4 Å². The molecule has 0 aliphatic carbocycles. The lowest BCUT2D eigenvalue weighted by molar-refractivity contribution is 0.121. The van der Waals surface area contributed by atoms with Gasteiger partial charge in [-0.05, 0) is 13.0 Å². The second kappa shape index (κ2) is 7.23. The Kier molecular flexibility index (Phi) is 8.15. The van der Waals surface area contributed by atoms with Crippen molar-refractivity contribution in [3.63, 3.8) is 0 Å². The van der Waals surface area contributed by atoms with E-state index in [0.29, 0.717) is 6.26 Å². The van der Waals surface area contributed by atoms with E-state index in [9.17, 15) is 22.7 Å². The molecule has 0 amide bonds. The Bertz CT molecular complexity index is 432. The first-order valence-electron chi connectivity index (χ1n) is 4.52. The average Bonchev–Trinajstić information content (AvgIpc) is 2.07. The SMILES string of the molecule is CS(=O)(=O)O.NCCCC(O)(P(=O)(O)O)P(=O)(O)O. The van der Waals surface area contributed by atoms with E-state index in [1.165, 1.54) is 0 Å². The number of aliphatic hydroxyl groups is 1. The Morgan fingerprint density at radius 2 is 1.37 bits per heavy atom. The van der Waals surface area contributed by atoms with Crippen LogP contribution in [0.1, 0.15) is 12.8 Å². The van der Waals surface area contributed by atoms with Gasteiger partial charge in [-0.25, -0.2) is 0 Å². The van der Waals surface area contributed by atoms with Gasteiger partial charge in [-0.2, -0.15) is 8.42 Å². The molecule has 0 aromatic heterocycles. The van der Waals surface area contributed by atoms with Gasteiger partial charge in [0.1, 0.15) is 0 Å². The molecule has 0 saturated carbocycles. The van der Waals surface area contributed by atoms with E-state index in [2.05, 4.69) is 0 Å². The number of nitrogens with two attached hydrogens (primary N) is 1. The van der Waals surface area contributed by atoms with Crippen LogP contribution in [-0.2, 0) is 19.2 Å². The maximum Gasteiger partial charge on any atom is 0.369 e. The molecule has 14 heteroatoms. The summed E-state index contributed by atoms with van der Waals surface area (Å²) in [4.78, 5) is 34.5. The second-order valence-corrected chi connectivity index (χ2v) is 8.96. The number of hydrogen-bond donors (Lipinski definition) is 7. The van der Waals surface area contributed by atoms with Gasteiger partial charge in [-0.1, -0.05) is 0 Å². The summed E-state index contributed by atoms with van der Waals surface area (Å²) in [6.45, 7) is -0.0394. The molecule has 0 radical (unpaired) electrons. The zero-order chi connectivity index (χ0) is 16.1. The van der Waals surface area contributed by atoms with E-state index in [1.807, 2.05) is 0 Å². The van der Waals surface area contributed by atoms with Crippen molar-refractivity contribution in [1.29, 1.82) is 0 Å². The van der Waals surface area contributed by atoms with Crippen LogP contribution in [0.25, 0.3) is 0 Å². The first-order valence-corrected chi connectivity index (χ1v) is 9.59. The lowest BCUT2D eigenvalue weighted by atomic mass is 10.3. The largest absolute Gasteiger partial charge is 0.369 e. The molecule has 0 fully saturated rings. The van der Waals surface area contributed by atoms with Crippen molar-refractivity contribution in [3.05, 3.63) is 0 Å². The maximum absolute atomic E-state index is 10.7. The van der Waals surface area contributed by atoms with E-state index < -0.39 is 36.8 Å². The van der Waals surface area contributed by atoms with E-state index in [-0.39, 0.29) is 13.0 Å². The predicted octanol–water partition coefficient (Wildman–Crippen LogP) is -1.77. The van der Waals surface area contributed by atoms with Crippen LogP contribution < -0.4 is 5.73 Å². The summed E-state index contributed by atoms with van der Waals surface area (Å²) in [5, 5.41) is 5.91. The molecule has 0 rings (SSSR count). The van der Waals surface area contributed by atoms with Crippen LogP contribution in [0.3, 0.4) is 0 Å². The Morgan fingerprint density at radius 1 is 1.11 bits per heavy atom. The van der Waals surface area contributed by atoms with E-state index in [0.717, 1.165) is 0 Å². The highest BCUT2D eigenvalue weighted by molar-refractivity contribution is 7.85. The highest BCUT2D eigenvalue weighted by atomic mass is 32.2. The molecule has 19 heavy (non-hydrogen) atoms. The van der Waals surface area contributed by atoms with Crippen LogP contribution in [0.5, 0.6) is 0 Å². The fourth-order valence-electron chi connectivity index (χ4n) is 0.800. The normalized spacial score (nSPS) is 13.7. The monoisotopic (exact) mass is 345 g/mol. The minimum atomic E-state index is -5.30. The molecule has 0 unspecified atom stereocenters. The van der Waals surface area contributed by atoms with Crippen LogP contribution >= 0.6 is 15.2 Å². The van der Waals surface area contributed by atoms with Gasteiger partial charge in [0.05, 0.1) is 6.26 Å². The van der Waals surface area contributed by atoms with Crippen LogP contribution in [0.2, 0.25) is 0 Å². The van der Waals surface area contributed by atoms with Gasteiger partial charge in [0.15, 0.2) is 0 Å². The van der Waals surface area contributed by atoms with Gasteiger partial charge in [0, 0.05) is 6.42 Å². The van der Waals surface area contributed by atoms with E-state index >= 15 is 0 Å². The van der Waals surface area contributed by atoms with Crippen LogP contribution in [0, 0.1) is 0 Å². The second-order valence-electron chi connectivity index (χ2n) is 3.49. The van der Waals surface area contributed by atoms with Gasteiger partial charge in [0.25, 0.3) is 15.2 Å². The first kappa shape index (κ1) is 21.4. The third-order valence-corrected chi connectivity index (χ3v) is 5.53. The summed E-state index contributed by atoms with van der Waals surface area (Å²) < 4.78 is 47.3. The lowest BCUT2D eigenvalue weighted by Crippen LogP contribution is -2.29. The first-order chi connectivity index (χ1) is 8.06. The van der Waals surface area contributed by atoms with Gasteiger partial charge in [-0.3, -0.25) is 13.7 Å². The molecule has 0 bridgehead atoms. The Hall–Kier alpha value is 0.130. The minimum Gasteiger partial charge on any atom is -0.368 e. The lowest BCUT2D eigenvalue weighted by Gasteiger charge is -2.28. The molecule has 0 atom stereocenters. The fraction of sp³-hybridized carbons (Fsp3) is 1.00. The van der Waals surface area contributed by atoms with Crippen LogP contribution in [0.4, 0.5) is 0 Å². The Morgan fingerprint density at radius 3 is 1.53 bits per heavy atom.